The van der Waals surface area contributed by atoms with Gasteiger partial charge in [0, 0.05) is 5.56 Å². The summed E-state index contributed by atoms with van der Waals surface area (Å²) in [6, 6.07) is 6.88. The third-order valence-corrected chi connectivity index (χ3v) is 4.97. The second-order valence-corrected chi connectivity index (χ2v) is 7.07. The molecule has 0 aliphatic carbocycles. The van der Waals surface area contributed by atoms with Gasteiger partial charge in [-0.05, 0) is 58.8 Å². The van der Waals surface area contributed by atoms with Crippen molar-refractivity contribution in [3.8, 4) is 28.7 Å². The van der Waals surface area contributed by atoms with Crippen LogP contribution in [0.3, 0.4) is 0 Å². The molecule has 2 aromatic rings. The van der Waals surface area contributed by atoms with E-state index in [1.54, 1.807) is 37.5 Å². The first-order valence-corrected chi connectivity index (χ1v) is 10.1. The molecule has 164 valence electrons. The number of carbonyl (C=O) groups excluding carboxylic acids is 1. The van der Waals surface area contributed by atoms with Crippen LogP contribution in [-0.4, -0.2) is 46.9 Å². The normalized spacial score (nSPS) is 14.2. The topological polar surface area (TPSA) is 84.8 Å². The van der Waals surface area contributed by atoms with Gasteiger partial charge in [0.05, 0.1) is 39.5 Å². The minimum absolute atomic E-state index is 0.132. The Morgan fingerprint density at radius 1 is 0.935 bits per heavy atom. The highest BCUT2D eigenvalue weighted by molar-refractivity contribution is 9.10. The summed E-state index contributed by atoms with van der Waals surface area (Å²) in [6.07, 6.45) is 1.61. The van der Waals surface area contributed by atoms with E-state index >= 15 is 0 Å². The zero-order chi connectivity index (χ0) is 22.5. The van der Waals surface area contributed by atoms with Crippen molar-refractivity contribution in [3.05, 3.63) is 45.6 Å². The molecule has 9 heteroatoms. The standard InChI is InChI=1S/C22H22BrNO7/c1-6-30-19-14(23)7-12(9-16(19)26-2)8-15-22(25)31-21(24-15)13-10-17(27-3)20(29-5)18(11-13)28-4/h7-11H,6H2,1-5H3/b15-8-. The van der Waals surface area contributed by atoms with Crippen molar-refractivity contribution in [2.45, 2.75) is 6.92 Å². The SMILES string of the molecule is CCOc1c(Br)cc(/C=C2\N=C(c3cc(OC)c(OC)c(OC)c3)OC2=O)cc1OC. The van der Waals surface area contributed by atoms with E-state index in [-0.39, 0.29) is 11.6 Å². The van der Waals surface area contributed by atoms with Gasteiger partial charge >= 0.3 is 5.97 Å². The highest BCUT2D eigenvalue weighted by Crippen LogP contribution is 2.40. The number of ether oxygens (including phenoxy) is 6. The maximum absolute atomic E-state index is 12.4. The fraction of sp³-hybridized carbons (Fsp3) is 0.273. The third-order valence-electron chi connectivity index (χ3n) is 4.38. The molecular weight excluding hydrogens is 470 g/mol. The smallest absolute Gasteiger partial charge is 0.363 e. The quantitative estimate of drug-likeness (QED) is 0.403. The maximum Gasteiger partial charge on any atom is 0.363 e. The van der Waals surface area contributed by atoms with Crippen molar-refractivity contribution in [1.29, 1.82) is 0 Å². The summed E-state index contributed by atoms with van der Waals surface area (Å²) in [7, 11) is 6.07. The Labute approximate surface area is 188 Å². The lowest BCUT2D eigenvalue weighted by Crippen LogP contribution is -2.07. The van der Waals surface area contributed by atoms with Gasteiger partial charge in [-0.15, -0.1) is 0 Å². The summed E-state index contributed by atoms with van der Waals surface area (Å²) in [5.41, 5.74) is 1.34. The first-order valence-electron chi connectivity index (χ1n) is 9.28. The van der Waals surface area contributed by atoms with E-state index in [1.807, 2.05) is 6.92 Å². The number of carbonyl (C=O) groups is 1. The molecule has 31 heavy (non-hydrogen) atoms. The summed E-state index contributed by atoms with van der Waals surface area (Å²) >= 11 is 3.47. The van der Waals surface area contributed by atoms with Crippen LogP contribution in [-0.2, 0) is 9.53 Å². The highest BCUT2D eigenvalue weighted by atomic mass is 79.9. The van der Waals surface area contributed by atoms with Crippen LogP contribution < -0.4 is 23.7 Å². The van der Waals surface area contributed by atoms with Crippen LogP contribution >= 0.6 is 15.9 Å². The van der Waals surface area contributed by atoms with Gasteiger partial charge in [-0.2, -0.15) is 0 Å². The Bertz CT molecular complexity index is 1040. The van der Waals surface area contributed by atoms with Crippen LogP contribution in [0.2, 0.25) is 0 Å². The molecule has 8 nitrogen and oxygen atoms in total. The van der Waals surface area contributed by atoms with E-state index in [0.29, 0.717) is 51.0 Å². The molecule has 0 saturated carbocycles. The molecule has 1 heterocycles. The number of aliphatic imine (C=N–C) groups is 1. The minimum Gasteiger partial charge on any atom is -0.493 e. The molecule has 0 amide bonds. The number of nitrogens with zero attached hydrogens (tertiary/aromatic N) is 1. The average molecular weight is 492 g/mol. The fourth-order valence-electron chi connectivity index (χ4n) is 3.00. The van der Waals surface area contributed by atoms with E-state index in [9.17, 15) is 4.79 Å². The number of rotatable bonds is 8. The molecule has 2 aromatic carbocycles. The van der Waals surface area contributed by atoms with Crippen LogP contribution in [0.4, 0.5) is 0 Å². The monoisotopic (exact) mass is 491 g/mol. The summed E-state index contributed by atoms with van der Waals surface area (Å²) < 4.78 is 33.1. The molecule has 1 aliphatic rings. The van der Waals surface area contributed by atoms with Crippen molar-refractivity contribution < 1.29 is 33.2 Å². The number of cyclic esters (lactones) is 1. The average Bonchev–Trinajstić information content (AvgIpc) is 3.14. The molecule has 0 saturated heterocycles. The molecule has 0 N–H and O–H groups in total. The zero-order valence-corrected chi connectivity index (χ0v) is 19.4. The predicted octanol–water partition coefficient (Wildman–Crippen LogP) is 4.23. The molecule has 0 unspecified atom stereocenters. The fourth-order valence-corrected chi connectivity index (χ4v) is 3.58. The van der Waals surface area contributed by atoms with Crippen LogP contribution in [0.15, 0.2) is 39.4 Å². The number of hydrogen-bond donors (Lipinski definition) is 0. The van der Waals surface area contributed by atoms with Gasteiger partial charge in [0.2, 0.25) is 11.6 Å². The zero-order valence-electron chi connectivity index (χ0n) is 17.8. The summed E-state index contributed by atoms with van der Waals surface area (Å²) in [6.45, 7) is 2.37. The van der Waals surface area contributed by atoms with Gasteiger partial charge in [-0.1, -0.05) is 0 Å². The first kappa shape index (κ1) is 22.5. The van der Waals surface area contributed by atoms with Crippen molar-refractivity contribution in [2.75, 3.05) is 35.0 Å². The van der Waals surface area contributed by atoms with Crippen molar-refractivity contribution in [1.82, 2.24) is 0 Å². The van der Waals surface area contributed by atoms with Gasteiger partial charge in [-0.3, -0.25) is 0 Å². The first-order chi connectivity index (χ1) is 14.9. The third kappa shape index (κ3) is 4.61. The van der Waals surface area contributed by atoms with Gasteiger partial charge in [0.25, 0.3) is 0 Å². The van der Waals surface area contributed by atoms with E-state index in [2.05, 4.69) is 20.9 Å². The van der Waals surface area contributed by atoms with Gasteiger partial charge in [0.15, 0.2) is 28.7 Å². The Kier molecular flexibility index (Phi) is 7.06. The Balaban J connectivity index is 2.01. The highest BCUT2D eigenvalue weighted by Gasteiger charge is 2.27. The Morgan fingerprint density at radius 2 is 1.55 bits per heavy atom. The number of esters is 1. The molecule has 0 radical (unpaired) electrons. The Hall–Kier alpha value is -3.20. The molecule has 0 aromatic heterocycles. The van der Waals surface area contributed by atoms with Gasteiger partial charge in [0.1, 0.15) is 0 Å². The summed E-state index contributed by atoms with van der Waals surface area (Å²) in [5.74, 6) is 1.95. The van der Waals surface area contributed by atoms with Crippen LogP contribution in [0.5, 0.6) is 28.7 Å². The maximum atomic E-state index is 12.4. The molecule has 3 rings (SSSR count). The molecular formula is C22H22BrNO7. The number of benzene rings is 2. The van der Waals surface area contributed by atoms with Crippen LogP contribution in [0.25, 0.3) is 6.08 Å². The lowest BCUT2D eigenvalue weighted by molar-refractivity contribution is -0.129. The molecule has 0 atom stereocenters. The minimum atomic E-state index is -0.576. The number of halogens is 1. The van der Waals surface area contributed by atoms with Crippen molar-refractivity contribution in [2.24, 2.45) is 4.99 Å². The molecule has 0 bridgehead atoms. The number of methoxy groups -OCH3 is 4. The second-order valence-electron chi connectivity index (χ2n) is 6.22. The Morgan fingerprint density at radius 3 is 2.10 bits per heavy atom. The van der Waals surface area contributed by atoms with Gasteiger partial charge in [-0.25, -0.2) is 9.79 Å². The molecule has 1 aliphatic heterocycles. The molecule has 0 spiro atoms. The van der Waals surface area contributed by atoms with Crippen molar-refractivity contribution >= 4 is 33.9 Å². The number of hydrogen-bond acceptors (Lipinski definition) is 8. The summed E-state index contributed by atoms with van der Waals surface area (Å²) in [4.78, 5) is 16.8. The van der Waals surface area contributed by atoms with E-state index in [4.69, 9.17) is 28.4 Å². The predicted molar refractivity (Wildman–Crippen MR) is 119 cm³/mol. The summed E-state index contributed by atoms with van der Waals surface area (Å²) in [5, 5.41) is 0. The second kappa shape index (κ2) is 9.74. The lowest BCUT2D eigenvalue weighted by atomic mass is 10.1. The lowest BCUT2D eigenvalue weighted by Gasteiger charge is -2.13. The van der Waals surface area contributed by atoms with E-state index < -0.39 is 5.97 Å². The van der Waals surface area contributed by atoms with Gasteiger partial charge < -0.3 is 28.4 Å². The van der Waals surface area contributed by atoms with E-state index in [0.717, 1.165) is 0 Å². The molecule has 0 fully saturated rings. The van der Waals surface area contributed by atoms with Crippen molar-refractivity contribution in [3.63, 3.8) is 0 Å². The van der Waals surface area contributed by atoms with E-state index in [1.165, 1.54) is 21.3 Å². The van der Waals surface area contributed by atoms with Crippen LogP contribution in [0.1, 0.15) is 18.1 Å². The largest absolute Gasteiger partial charge is 0.493 e. The van der Waals surface area contributed by atoms with Crippen LogP contribution in [0, 0.1) is 0 Å².